The number of nitrogens with zero attached hydrogens (tertiary/aromatic N) is 1. The van der Waals surface area contributed by atoms with Crippen LogP contribution in [0.25, 0.3) is 0 Å². The normalized spacial score (nSPS) is 12.5. The van der Waals surface area contributed by atoms with Crippen LogP contribution in [-0.2, 0) is 6.42 Å². The minimum atomic E-state index is 0.589. The summed E-state index contributed by atoms with van der Waals surface area (Å²) in [6.45, 7) is 7.11. The molecule has 2 nitrogen and oxygen atoms in total. The first-order valence-electron chi connectivity index (χ1n) is 6.36. The second kappa shape index (κ2) is 7.70. The molecule has 0 bridgehead atoms. The molecule has 0 saturated carbocycles. The van der Waals surface area contributed by atoms with Gasteiger partial charge in [-0.25, -0.2) is 0 Å². The molecule has 1 aromatic rings. The van der Waals surface area contributed by atoms with Crippen LogP contribution in [0.15, 0.2) is 12.1 Å². The van der Waals surface area contributed by atoms with E-state index < -0.39 is 0 Å². The van der Waals surface area contributed by atoms with E-state index in [-0.39, 0.29) is 0 Å². The predicted octanol–water partition coefficient (Wildman–Crippen LogP) is 4.14. The van der Waals surface area contributed by atoms with Crippen LogP contribution in [-0.4, -0.2) is 16.9 Å². The Morgan fingerprint density at radius 3 is 2.71 bits per heavy atom. The van der Waals surface area contributed by atoms with Gasteiger partial charge in [-0.05, 0) is 31.9 Å². The van der Waals surface area contributed by atoms with E-state index >= 15 is 0 Å². The lowest BCUT2D eigenvalue weighted by atomic mass is 10.1. The molecule has 0 aromatic carbocycles. The number of ether oxygens (including phenoxy) is 1. The molecule has 1 aromatic heterocycles. The molecule has 1 atom stereocenters. The van der Waals surface area contributed by atoms with Crippen LogP contribution >= 0.6 is 15.9 Å². The third kappa shape index (κ3) is 4.66. The number of halogens is 1. The lowest BCUT2D eigenvalue weighted by Gasteiger charge is -2.16. The van der Waals surface area contributed by atoms with Gasteiger partial charge in [-0.3, -0.25) is 4.98 Å². The van der Waals surface area contributed by atoms with Crippen molar-refractivity contribution in [3.63, 3.8) is 0 Å². The monoisotopic (exact) mass is 299 g/mol. The van der Waals surface area contributed by atoms with E-state index in [1.807, 2.05) is 19.1 Å². The van der Waals surface area contributed by atoms with Gasteiger partial charge in [0.15, 0.2) is 0 Å². The maximum Gasteiger partial charge on any atom is 0.140 e. The summed E-state index contributed by atoms with van der Waals surface area (Å²) in [7, 11) is 0. The highest BCUT2D eigenvalue weighted by Gasteiger charge is 2.09. The van der Waals surface area contributed by atoms with Crippen molar-refractivity contribution in [2.24, 2.45) is 5.92 Å². The zero-order valence-electron chi connectivity index (χ0n) is 11.0. The van der Waals surface area contributed by atoms with Crippen LogP contribution in [0.2, 0.25) is 0 Å². The van der Waals surface area contributed by atoms with E-state index in [0.29, 0.717) is 5.92 Å². The van der Waals surface area contributed by atoms with Gasteiger partial charge in [0.05, 0.1) is 12.3 Å². The molecule has 0 saturated heterocycles. The highest BCUT2D eigenvalue weighted by Crippen LogP contribution is 2.19. The molecular weight excluding hydrogens is 278 g/mol. The smallest absolute Gasteiger partial charge is 0.140 e. The lowest BCUT2D eigenvalue weighted by Crippen LogP contribution is -2.14. The average molecular weight is 300 g/mol. The van der Waals surface area contributed by atoms with Crippen LogP contribution in [0, 0.1) is 12.8 Å². The Morgan fingerprint density at radius 1 is 1.35 bits per heavy atom. The van der Waals surface area contributed by atoms with Crippen molar-refractivity contribution in [1.82, 2.24) is 4.98 Å². The predicted molar refractivity (Wildman–Crippen MR) is 76.0 cm³/mol. The van der Waals surface area contributed by atoms with E-state index in [2.05, 4.69) is 34.8 Å². The Labute approximate surface area is 113 Å². The molecule has 0 aliphatic heterocycles. The Kier molecular flexibility index (Phi) is 6.56. The largest absolute Gasteiger partial charge is 0.491 e. The Balaban J connectivity index is 2.61. The second-order valence-electron chi connectivity index (χ2n) is 4.37. The zero-order chi connectivity index (χ0) is 12.7. The maximum atomic E-state index is 5.90. The summed E-state index contributed by atoms with van der Waals surface area (Å²) in [5.41, 5.74) is 2.12. The van der Waals surface area contributed by atoms with Crippen LogP contribution in [0.1, 0.15) is 38.1 Å². The topological polar surface area (TPSA) is 22.1 Å². The number of pyridine rings is 1. The fourth-order valence-corrected chi connectivity index (χ4v) is 2.31. The van der Waals surface area contributed by atoms with Crippen molar-refractivity contribution in [2.45, 2.75) is 40.0 Å². The molecule has 96 valence electrons. The number of hydrogen-bond donors (Lipinski definition) is 0. The zero-order valence-corrected chi connectivity index (χ0v) is 12.6. The van der Waals surface area contributed by atoms with Crippen LogP contribution < -0.4 is 4.74 Å². The fourth-order valence-electron chi connectivity index (χ4n) is 1.80. The second-order valence-corrected chi connectivity index (χ2v) is 5.02. The summed E-state index contributed by atoms with van der Waals surface area (Å²) in [6.07, 6.45) is 3.32. The summed E-state index contributed by atoms with van der Waals surface area (Å²) in [4.78, 5) is 4.50. The molecule has 1 unspecified atom stereocenters. The fraction of sp³-hybridized carbons (Fsp3) is 0.643. The first-order valence-corrected chi connectivity index (χ1v) is 7.48. The van der Waals surface area contributed by atoms with Crippen molar-refractivity contribution in [3.05, 3.63) is 23.5 Å². The Morgan fingerprint density at radius 2 is 2.12 bits per heavy atom. The number of alkyl halides is 1. The molecule has 0 aliphatic carbocycles. The van der Waals surface area contributed by atoms with E-state index in [1.54, 1.807) is 0 Å². The highest BCUT2D eigenvalue weighted by molar-refractivity contribution is 9.09. The molecule has 0 radical (unpaired) electrons. The van der Waals surface area contributed by atoms with Gasteiger partial charge >= 0.3 is 0 Å². The maximum absolute atomic E-state index is 5.90. The summed E-state index contributed by atoms with van der Waals surface area (Å²) in [5, 5.41) is 1.00. The van der Waals surface area contributed by atoms with Crippen LogP contribution in [0.5, 0.6) is 5.75 Å². The van der Waals surface area contributed by atoms with Gasteiger partial charge in [-0.15, -0.1) is 0 Å². The summed E-state index contributed by atoms with van der Waals surface area (Å²) in [6, 6.07) is 4.05. The van der Waals surface area contributed by atoms with Crippen molar-refractivity contribution in [1.29, 1.82) is 0 Å². The van der Waals surface area contributed by atoms with Gasteiger partial charge < -0.3 is 4.74 Å². The first kappa shape index (κ1) is 14.5. The third-order valence-corrected chi connectivity index (χ3v) is 3.71. The molecule has 0 amide bonds. The lowest BCUT2D eigenvalue weighted by molar-refractivity contribution is 0.252. The van der Waals surface area contributed by atoms with Crippen LogP contribution in [0.4, 0.5) is 0 Å². The molecule has 0 spiro atoms. The summed E-state index contributed by atoms with van der Waals surface area (Å²) in [5.74, 6) is 1.53. The average Bonchev–Trinajstić information content (AvgIpc) is 2.35. The Bertz CT molecular complexity index is 341. The van der Waals surface area contributed by atoms with Gasteiger partial charge in [-0.2, -0.15) is 0 Å². The minimum absolute atomic E-state index is 0.589. The number of rotatable bonds is 7. The van der Waals surface area contributed by atoms with Gasteiger partial charge in [0.25, 0.3) is 0 Å². The molecule has 0 aliphatic rings. The molecule has 1 heterocycles. The quantitative estimate of drug-likeness (QED) is 0.706. The molecule has 3 heteroatoms. The van der Waals surface area contributed by atoms with E-state index in [0.717, 1.165) is 35.5 Å². The Hall–Kier alpha value is -0.570. The van der Waals surface area contributed by atoms with Crippen molar-refractivity contribution in [2.75, 3.05) is 11.9 Å². The van der Waals surface area contributed by atoms with E-state index in [4.69, 9.17) is 4.74 Å². The SMILES string of the molecule is CCCC(CBr)COc1ccc(C)nc1CC. The molecular formula is C14H22BrNO. The first-order chi connectivity index (χ1) is 8.21. The summed E-state index contributed by atoms with van der Waals surface area (Å²) >= 11 is 3.54. The number of aryl methyl sites for hydroxylation is 2. The van der Waals surface area contributed by atoms with Gasteiger partial charge in [0.1, 0.15) is 5.75 Å². The van der Waals surface area contributed by atoms with Gasteiger partial charge in [0.2, 0.25) is 0 Å². The number of hydrogen-bond acceptors (Lipinski definition) is 2. The summed E-state index contributed by atoms with van der Waals surface area (Å²) < 4.78 is 5.90. The molecule has 0 fully saturated rings. The molecule has 17 heavy (non-hydrogen) atoms. The van der Waals surface area contributed by atoms with E-state index in [1.165, 1.54) is 12.8 Å². The molecule has 1 rings (SSSR count). The van der Waals surface area contributed by atoms with E-state index in [9.17, 15) is 0 Å². The standard InChI is InChI=1S/C14H22BrNO/c1-4-6-12(9-15)10-17-14-8-7-11(3)16-13(14)5-2/h7-8,12H,4-6,9-10H2,1-3H3. The van der Waals surface area contributed by atoms with Crippen molar-refractivity contribution >= 4 is 15.9 Å². The van der Waals surface area contributed by atoms with Gasteiger partial charge in [-0.1, -0.05) is 36.2 Å². The van der Waals surface area contributed by atoms with Crippen molar-refractivity contribution in [3.8, 4) is 5.75 Å². The van der Waals surface area contributed by atoms with Crippen LogP contribution in [0.3, 0.4) is 0 Å². The van der Waals surface area contributed by atoms with Crippen molar-refractivity contribution < 1.29 is 4.74 Å². The highest BCUT2D eigenvalue weighted by atomic mass is 79.9. The number of aromatic nitrogens is 1. The van der Waals surface area contributed by atoms with Gasteiger partial charge in [0, 0.05) is 16.9 Å². The third-order valence-electron chi connectivity index (χ3n) is 2.80. The minimum Gasteiger partial charge on any atom is -0.491 e. The molecule has 0 N–H and O–H groups in total.